The van der Waals surface area contributed by atoms with Crippen molar-refractivity contribution in [2.75, 3.05) is 26.2 Å². The zero-order chi connectivity index (χ0) is 16.4. The highest BCUT2D eigenvalue weighted by molar-refractivity contribution is 7.10. The van der Waals surface area contributed by atoms with Gasteiger partial charge in [0.15, 0.2) is 0 Å². The van der Waals surface area contributed by atoms with Crippen LogP contribution in [0, 0.1) is 5.92 Å². The predicted octanol–water partition coefficient (Wildman–Crippen LogP) is 1.64. The lowest BCUT2D eigenvalue weighted by Gasteiger charge is -2.34. The van der Waals surface area contributed by atoms with E-state index in [1.807, 2.05) is 20.9 Å². The lowest BCUT2D eigenvalue weighted by molar-refractivity contribution is -0.133. The smallest absolute Gasteiger partial charge is 0.237 e. The molecule has 128 valence electrons. The summed E-state index contributed by atoms with van der Waals surface area (Å²) < 4.78 is 1.90. The average Bonchev–Trinajstić information content (AvgIpc) is 3.25. The van der Waals surface area contributed by atoms with E-state index in [9.17, 15) is 4.79 Å². The van der Waals surface area contributed by atoms with Crippen LogP contribution in [0.25, 0.3) is 0 Å². The number of piperidine rings is 1. The lowest BCUT2D eigenvalue weighted by Crippen LogP contribution is -2.46. The van der Waals surface area contributed by atoms with E-state index in [4.69, 9.17) is 0 Å². The van der Waals surface area contributed by atoms with Gasteiger partial charge in [0.1, 0.15) is 12.7 Å². The van der Waals surface area contributed by atoms with E-state index >= 15 is 0 Å². The van der Waals surface area contributed by atoms with Crippen molar-refractivity contribution in [1.29, 1.82) is 0 Å². The first-order chi connectivity index (χ1) is 11.8. The van der Waals surface area contributed by atoms with E-state index in [2.05, 4.69) is 26.4 Å². The quantitative estimate of drug-likeness (QED) is 0.845. The van der Waals surface area contributed by atoms with Gasteiger partial charge in [-0.3, -0.25) is 14.4 Å². The maximum Gasteiger partial charge on any atom is 0.237 e. The van der Waals surface area contributed by atoms with E-state index in [1.165, 1.54) is 16.9 Å². The molecule has 0 N–H and O–H groups in total. The number of rotatable bonds is 4. The summed E-state index contributed by atoms with van der Waals surface area (Å²) in [6, 6.07) is 2.16. The highest BCUT2D eigenvalue weighted by Crippen LogP contribution is 2.24. The van der Waals surface area contributed by atoms with Crippen LogP contribution in [0.3, 0.4) is 0 Å². The Morgan fingerprint density at radius 3 is 3.21 bits per heavy atom. The SMILES string of the molecule is O=C(CN1CCCC(Cn2cncn2)C1)N1CCc2sccc2C1. The Hall–Kier alpha value is -1.73. The molecule has 0 aliphatic carbocycles. The summed E-state index contributed by atoms with van der Waals surface area (Å²) in [5.74, 6) is 0.825. The minimum Gasteiger partial charge on any atom is -0.337 e. The summed E-state index contributed by atoms with van der Waals surface area (Å²) in [7, 11) is 0. The van der Waals surface area contributed by atoms with Crippen LogP contribution in [-0.4, -0.2) is 56.7 Å². The predicted molar refractivity (Wildman–Crippen MR) is 92.6 cm³/mol. The maximum absolute atomic E-state index is 12.7. The van der Waals surface area contributed by atoms with Gasteiger partial charge in [0.05, 0.1) is 6.54 Å². The van der Waals surface area contributed by atoms with Gasteiger partial charge in [0, 0.05) is 31.1 Å². The van der Waals surface area contributed by atoms with Gasteiger partial charge in [-0.15, -0.1) is 11.3 Å². The normalized spacial score (nSPS) is 21.7. The highest BCUT2D eigenvalue weighted by Gasteiger charge is 2.26. The van der Waals surface area contributed by atoms with Crippen LogP contribution < -0.4 is 0 Å². The van der Waals surface area contributed by atoms with E-state index < -0.39 is 0 Å². The molecule has 4 heterocycles. The first-order valence-electron chi connectivity index (χ1n) is 8.66. The summed E-state index contributed by atoms with van der Waals surface area (Å²) >= 11 is 1.81. The summed E-state index contributed by atoms with van der Waals surface area (Å²) in [6.45, 7) is 5.09. The van der Waals surface area contributed by atoms with Gasteiger partial charge in [-0.2, -0.15) is 5.10 Å². The maximum atomic E-state index is 12.7. The molecule has 1 saturated heterocycles. The summed E-state index contributed by atoms with van der Waals surface area (Å²) in [5.41, 5.74) is 1.34. The molecule has 6 nitrogen and oxygen atoms in total. The van der Waals surface area contributed by atoms with Gasteiger partial charge < -0.3 is 4.90 Å². The molecule has 4 rings (SSSR count). The number of thiophene rings is 1. The number of amides is 1. The van der Waals surface area contributed by atoms with Crippen LogP contribution in [0.1, 0.15) is 23.3 Å². The van der Waals surface area contributed by atoms with E-state index in [0.29, 0.717) is 12.5 Å². The Kier molecular flexibility index (Phi) is 4.62. The molecule has 1 fully saturated rings. The van der Waals surface area contributed by atoms with Crippen molar-refractivity contribution in [3.8, 4) is 0 Å². The van der Waals surface area contributed by atoms with Crippen LogP contribution >= 0.6 is 11.3 Å². The van der Waals surface area contributed by atoms with Crippen molar-refractivity contribution in [3.63, 3.8) is 0 Å². The first kappa shape index (κ1) is 15.8. The Labute approximate surface area is 146 Å². The van der Waals surface area contributed by atoms with Crippen molar-refractivity contribution in [3.05, 3.63) is 34.5 Å². The molecule has 1 atom stereocenters. The third-order valence-electron chi connectivity index (χ3n) is 5.03. The second kappa shape index (κ2) is 7.03. The number of hydrogen-bond acceptors (Lipinski definition) is 5. The van der Waals surface area contributed by atoms with Gasteiger partial charge in [-0.1, -0.05) is 0 Å². The van der Waals surface area contributed by atoms with Crippen LogP contribution in [0.2, 0.25) is 0 Å². The van der Waals surface area contributed by atoms with E-state index in [1.54, 1.807) is 12.7 Å². The molecule has 1 amide bonds. The molecular formula is C17H23N5OS. The Bertz CT molecular complexity index is 683. The minimum absolute atomic E-state index is 0.272. The highest BCUT2D eigenvalue weighted by atomic mass is 32.1. The Morgan fingerprint density at radius 2 is 2.33 bits per heavy atom. The number of likely N-dealkylation sites (tertiary alicyclic amines) is 1. The zero-order valence-corrected chi connectivity index (χ0v) is 14.6. The molecule has 24 heavy (non-hydrogen) atoms. The topological polar surface area (TPSA) is 54.3 Å². The van der Waals surface area contributed by atoms with Crippen molar-refractivity contribution in [2.24, 2.45) is 5.92 Å². The summed E-state index contributed by atoms with van der Waals surface area (Å²) in [4.78, 5) is 22.5. The molecule has 0 saturated carbocycles. The minimum atomic E-state index is 0.272. The van der Waals surface area contributed by atoms with Gasteiger partial charge >= 0.3 is 0 Å². The van der Waals surface area contributed by atoms with Crippen molar-refractivity contribution in [1.82, 2.24) is 24.6 Å². The van der Waals surface area contributed by atoms with E-state index in [0.717, 1.165) is 45.6 Å². The number of carbonyl (C=O) groups is 1. The molecule has 2 aliphatic rings. The summed E-state index contributed by atoms with van der Waals surface area (Å²) in [5, 5.41) is 6.34. The van der Waals surface area contributed by atoms with Crippen LogP contribution in [0.15, 0.2) is 24.1 Å². The van der Waals surface area contributed by atoms with Gasteiger partial charge in [0.2, 0.25) is 5.91 Å². The third-order valence-corrected chi connectivity index (χ3v) is 6.06. The van der Waals surface area contributed by atoms with Crippen molar-refractivity contribution < 1.29 is 4.79 Å². The monoisotopic (exact) mass is 345 g/mol. The number of aromatic nitrogens is 3. The largest absolute Gasteiger partial charge is 0.337 e. The fourth-order valence-electron chi connectivity index (χ4n) is 3.79. The van der Waals surface area contributed by atoms with Crippen LogP contribution in [0.5, 0.6) is 0 Å². The molecule has 2 aromatic rings. The Morgan fingerprint density at radius 1 is 1.38 bits per heavy atom. The van der Waals surface area contributed by atoms with Gasteiger partial charge in [0.25, 0.3) is 0 Å². The van der Waals surface area contributed by atoms with Gasteiger partial charge in [-0.25, -0.2) is 4.98 Å². The van der Waals surface area contributed by atoms with Crippen molar-refractivity contribution >= 4 is 17.2 Å². The molecule has 2 aromatic heterocycles. The fraction of sp³-hybridized carbons (Fsp3) is 0.588. The molecule has 0 spiro atoms. The Balaban J connectivity index is 1.31. The number of carbonyl (C=O) groups excluding carboxylic acids is 1. The lowest BCUT2D eigenvalue weighted by atomic mass is 9.98. The zero-order valence-electron chi connectivity index (χ0n) is 13.8. The molecule has 0 bridgehead atoms. The molecular weight excluding hydrogens is 322 g/mol. The number of hydrogen-bond donors (Lipinski definition) is 0. The number of nitrogens with zero attached hydrogens (tertiary/aromatic N) is 5. The van der Waals surface area contributed by atoms with E-state index in [-0.39, 0.29) is 5.91 Å². The third kappa shape index (κ3) is 3.52. The molecule has 0 aromatic carbocycles. The van der Waals surface area contributed by atoms with Crippen LogP contribution in [-0.2, 0) is 24.3 Å². The number of fused-ring (bicyclic) bond motifs is 1. The molecule has 7 heteroatoms. The summed E-state index contributed by atoms with van der Waals surface area (Å²) in [6.07, 6.45) is 6.72. The average molecular weight is 345 g/mol. The molecule has 0 radical (unpaired) electrons. The standard InChI is InChI=1S/C17H23N5OS/c23-17(21-6-3-16-15(10-21)4-7-24-16)11-20-5-1-2-14(8-20)9-22-13-18-12-19-22/h4,7,12-14H,1-3,5-6,8-11H2. The van der Waals surface area contributed by atoms with Gasteiger partial charge in [-0.05, 0) is 48.7 Å². The first-order valence-corrected chi connectivity index (χ1v) is 9.53. The second-order valence-electron chi connectivity index (χ2n) is 6.80. The fourth-order valence-corrected chi connectivity index (χ4v) is 4.68. The van der Waals surface area contributed by atoms with Crippen molar-refractivity contribution in [2.45, 2.75) is 32.4 Å². The molecule has 2 aliphatic heterocycles. The second-order valence-corrected chi connectivity index (χ2v) is 7.80. The van der Waals surface area contributed by atoms with Crippen LogP contribution in [0.4, 0.5) is 0 Å². The molecule has 1 unspecified atom stereocenters.